The van der Waals surface area contributed by atoms with Gasteiger partial charge in [-0.05, 0) is 57.2 Å². The lowest BCUT2D eigenvalue weighted by Crippen LogP contribution is -2.08. The highest BCUT2D eigenvalue weighted by atomic mass is 16.5. The molecule has 3 aromatic rings. The van der Waals surface area contributed by atoms with Gasteiger partial charge in [-0.2, -0.15) is 0 Å². The topological polar surface area (TPSA) is 31.4 Å². The molecule has 24 heavy (non-hydrogen) atoms. The molecule has 0 radical (unpaired) electrons. The molecule has 3 rings (SSSR count). The lowest BCUT2D eigenvalue weighted by atomic mass is 10.0. The van der Waals surface area contributed by atoms with Crippen molar-refractivity contribution in [3.8, 4) is 28.5 Å². The Morgan fingerprint density at radius 3 is 2.29 bits per heavy atom. The van der Waals surface area contributed by atoms with Crippen molar-refractivity contribution in [2.75, 3.05) is 0 Å². The number of nitrogens with zero attached hydrogens (tertiary/aromatic N) is 1. The Balaban J connectivity index is 2.04. The average molecular weight is 319 g/mol. The summed E-state index contributed by atoms with van der Waals surface area (Å²) in [5.41, 5.74) is 2.83. The van der Waals surface area contributed by atoms with Crippen LogP contribution in [0.25, 0.3) is 11.3 Å². The van der Waals surface area contributed by atoms with Crippen LogP contribution in [0.4, 0.5) is 0 Å². The lowest BCUT2D eigenvalue weighted by Gasteiger charge is -2.19. The molecular formula is C21H21NO2. The molecule has 0 saturated heterocycles. The van der Waals surface area contributed by atoms with Crippen LogP contribution in [-0.4, -0.2) is 11.1 Å². The smallest absolute Gasteiger partial charge is 0.135 e. The summed E-state index contributed by atoms with van der Waals surface area (Å²) in [6.45, 7) is 6.06. The number of hydrogen-bond acceptors (Lipinski definition) is 3. The Hall–Kier alpha value is -2.81. The molecule has 0 bridgehead atoms. The Kier molecular flexibility index (Phi) is 4.80. The van der Waals surface area contributed by atoms with E-state index in [-0.39, 0.29) is 6.10 Å². The van der Waals surface area contributed by atoms with Crippen LogP contribution in [0.1, 0.15) is 19.4 Å². The predicted molar refractivity (Wildman–Crippen MR) is 96.7 cm³/mol. The molecule has 0 aliphatic carbocycles. The molecule has 1 aromatic heterocycles. The van der Waals surface area contributed by atoms with Gasteiger partial charge >= 0.3 is 0 Å². The van der Waals surface area contributed by atoms with Gasteiger partial charge in [0.05, 0.1) is 11.8 Å². The van der Waals surface area contributed by atoms with Crippen molar-refractivity contribution in [1.29, 1.82) is 0 Å². The highest BCUT2D eigenvalue weighted by molar-refractivity contribution is 5.71. The van der Waals surface area contributed by atoms with E-state index in [4.69, 9.17) is 9.47 Å². The van der Waals surface area contributed by atoms with Gasteiger partial charge in [0, 0.05) is 17.3 Å². The minimum absolute atomic E-state index is 0.0677. The van der Waals surface area contributed by atoms with Crippen LogP contribution >= 0.6 is 0 Å². The van der Waals surface area contributed by atoms with Crippen LogP contribution < -0.4 is 9.47 Å². The van der Waals surface area contributed by atoms with Gasteiger partial charge in [0.15, 0.2) is 0 Å². The summed E-state index contributed by atoms with van der Waals surface area (Å²) in [4.78, 5) is 4.45. The van der Waals surface area contributed by atoms with Crippen LogP contribution in [0.5, 0.6) is 17.2 Å². The first-order valence-electron chi connectivity index (χ1n) is 8.09. The minimum atomic E-state index is 0.0677. The average Bonchev–Trinajstić information content (AvgIpc) is 2.60. The molecule has 2 aromatic carbocycles. The number of rotatable bonds is 5. The molecule has 1 heterocycles. The van der Waals surface area contributed by atoms with Crippen molar-refractivity contribution in [3.63, 3.8) is 0 Å². The number of aromatic nitrogens is 1. The van der Waals surface area contributed by atoms with Crippen LogP contribution in [0.15, 0.2) is 66.9 Å². The van der Waals surface area contributed by atoms with Crippen LogP contribution in [0.3, 0.4) is 0 Å². The molecule has 0 aliphatic rings. The zero-order valence-electron chi connectivity index (χ0n) is 14.2. The van der Waals surface area contributed by atoms with Crippen molar-refractivity contribution in [3.05, 3.63) is 72.4 Å². The molecule has 0 atom stereocenters. The maximum atomic E-state index is 6.09. The van der Waals surface area contributed by atoms with E-state index in [0.717, 1.165) is 34.1 Å². The molecule has 0 saturated carbocycles. The van der Waals surface area contributed by atoms with E-state index in [1.54, 1.807) is 6.20 Å². The second-order valence-corrected chi connectivity index (χ2v) is 5.86. The minimum Gasteiger partial charge on any atom is -0.490 e. The van der Waals surface area contributed by atoms with E-state index in [9.17, 15) is 0 Å². The number of benzene rings is 2. The fourth-order valence-corrected chi connectivity index (χ4v) is 2.51. The van der Waals surface area contributed by atoms with E-state index in [0.29, 0.717) is 0 Å². The summed E-state index contributed by atoms with van der Waals surface area (Å²) in [5, 5.41) is 0. The molecule has 0 amide bonds. The number of ether oxygens (including phenoxy) is 2. The summed E-state index contributed by atoms with van der Waals surface area (Å²) >= 11 is 0. The molecule has 0 N–H and O–H groups in total. The second-order valence-electron chi connectivity index (χ2n) is 5.86. The third-order valence-corrected chi connectivity index (χ3v) is 3.62. The van der Waals surface area contributed by atoms with Crippen LogP contribution in [-0.2, 0) is 0 Å². The van der Waals surface area contributed by atoms with Gasteiger partial charge in [-0.25, -0.2) is 0 Å². The first-order chi connectivity index (χ1) is 11.6. The van der Waals surface area contributed by atoms with Crippen molar-refractivity contribution < 1.29 is 9.47 Å². The van der Waals surface area contributed by atoms with Gasteiger partial charge in [0.25, 0.3) is 0 Å². The summed E-state index contributed by atoms with van der Waals surface area (Å²) in [7, 11) is 0. The Morgan fingerprint density at radius 2 is 1.62 bits per heavy atom. The first kappa shape index (κ1) is 16.1. The summed E-state index contributed by atoms with van der Waals surface area (Å²) in [6.07, 6.45) is 1.86. The van der Waals surface area contributed by atoms with E-state index >= 15 is 0 Å². The zero-order valence-corrected chi connectivity index (χ0v) is 14.2. The molecule has 0 aliphatic heterocycles. The van der Waals surface area contributed by atoms with Crippen LogP contribution in [0.2, 0.25) is 0 Å². The molecule has 0 unspecified atom stereocenters. The van der Waals surface area contributed by atoms with Gasteiger partial charge < -0.3 is 9.47 Å². The standard InChI is InChI=1S/C21H21NO2/c1-15(2)23-21-16(3)20(24-17-9-5-4-6-10-17)13-12-18(21)19-11-7-8-14-22-19/h4-15H,1-3H3. The van der Waals surface area contributed by atoms with Crippen molar-refractivity contribution >= 4 is 0 Å². The molecule has 3 nitrogen and oxygen atoms in total. The predicted octanol–water partition coefficient (Wildman–Crippen LogP) is 5.64. The van der Waals surface area contributed by atoms with Gasteiger partial charge in [0.1, 0.15) is 17.2 Å². The molecule has 0 fully saturated rings. The Bertz CT molecular complexity index is 799. The van der Waals surface area contributed by atoms with Crippen molar-refractivity contribution in [2.45, 2.75) is 26.9 Å². The van der Waals surface area contributed by atoms with Gasteiger partial charge in [0.2, 0.25) is 0 Å². The number of hydrogen-bond donors (Lipinski definition) is 0. The monoisotopic (exact) mass is 319 g/mol. The highest BCUT2D eigenvalue weighted by Gasteiger charge is 2.16. The lowest BCUT2D eigenvalue weighted by molar-refractivity contribution is 0.241. The number of para-hydroxylation sites is 1. The normalized spacial score (nSPS) is 10.7. The van der Waals surface area contributed by atoms with Crippen LogP contribution in [0, 0.1) is 6.92 Å². The summed E-state index contributed by atoms with van der Waals surface area (Å²) in [6, 6.07) is 19.6. The fourth-order valence-electron chi connectivity index (χ4n) is 2.51. The maximum absolute atomic E-state index is 6.09. The fraction of sp³-hybridized carbons (Fsp3) is 0.190. The van der Waals surface area contributed by atoms with E-state index in [1.165, 1.54) is 0 Å². The van der Waals surface area contributed by atoms with E-state index in [1.807, 2.05) is 81.4 Å². The molecule has 0 spiro atoms. The third kappa shape index (κ3) is 3.57. The highest BCUT2D eigenvalue weighted by Crippen LogP contribution is 2.39. The molecule has 3 heteroatoms. The molecule has 122 valence electrons. The zero-order chi connectivity index (χ0) is 16.9. The van der Waals surface area contributed by atoms with E-state index in [2.05, 4.69) is 4.98 Å². The molecular weight excluding hydrogens is 298 g/mol. The Morgan fingerprint density at radius 1 is 0.875 bits per heavy atom. The SMILES string of the molecule is Cc1c(Oc2ccccc2)ccc(-c2ccccn2)c1OC(C)C. The summed E-state index contributed by atoms with van der Waals surface area (Å²) in [5.74, 6) is 2.41. The van der Waals surface area contributed by atoms with E-state index < -0.39 is 0 Å². The third-order valence-electron chi connectivity index (χ3n) is 3.62. The maximum Gasteiger partial charge on any atom is 0.135 e. The summed E-state index contributed by atoms with van der Waals surface area (Å²) < 4.78 is 12.1. The Labute approximate surface area is 142 Å². The quantitative estimate of drug-likeness (QED) is 0.610. The van der Waals surface area contributed by atoms with Gasteiger partial charge in [-0.3, -0.25) is 4.98 Å². The second kappa shape index (κ2) is 7.18. The van der Waals surface area contributed by atoms with Gasteiger partial charge in [-0.15, -0.1) is 0 Å². The van der Waals surface area contributed by atoms with Crippen molar-refractivity contribution in [1.82, 2.24) is 4.98 Å². The largest absolute Gasteiger partial charge is 0.490 e. The first-order valence-corrected chi connectivity index (χ1v) is 8.09. The van der Waals surface area contributed by atoms with Gasteiger partial charge in [-0.1, -0.05) is 24.3 Å². The number of pyridine rings is 1. The van der Waals surface area contributed by atoms with Crippen molar-refractivity contribution in [2.24, 2.45) is 0 Å².